The van der Waals surface area contributed by atoms with Gasteiger partial charge in [-0.1, -0.05) is 19.8 Å². The van der Waals surface area contributed by atoms with Crippen molar-refractivity contribution < 1.29 is 0 Å². The van der Waals surface area contributed by atoms with Gasteiger partial charge < -0.3 is 5.73 Å². The summed E-state index contributed by atoms with van der Waals surface area (Å²) in [6.07, 6.45) is 7.15. The molecule has 3 heteroatoms. The van der Waals surface area contributed by atoms with Crippen LogP contribution < -0.4 is 5.73 Å². The fraction of sp³-hybridized carbons (Fsp3) is 0.727. The molecular weight excluding hydrogens is 192 g/mol. The summed E-state index contributed by atoms with van der Waals surface area (Å²) in [7, 11) is 0. The van der Waals surface area contributed by atoms with Crippen molar-refractivity contribution in [2.45, 2.75) is 38.6 Å². The molecule has 0 aliphatic heterocycles. The molecule has 3 atom stereocenters. The molecule has 2 N–H and O–H groups in total. The molecule has 1 aliphatic rings. The van der Waals surface area contributed by atoms with Crippen LogP contribution in [0.25, 0.3) is 0 Å². The SMILES string of the molecule is CCC1CCC(C(N)c2ccns2)C1. The van der Waals surface area contributed by atoms with Crippen LogP contribution in [0.2, 0.25) is 0 Å². The molecule has 1 aromatic rings. The van der Waals surface area contributed by atoms with Crippen molar-refractivity contribution in [3.63, 3.8) is 0 Å². The van der Waals surface area contributed by atoms with Crippen molar-refractivity contribution >= 4 is 11.5 Å². The van der Waals surface area contributed by atoms with Gasteiger partial charge in [0, 0.05) is 17.1 Å². The third kappa shape index (κ3) is 1.98. The monoisotopic (exact) mass is 210 g/mol. The van der Waals surface area contributed by atoms with Crippen LogP contribution in [0.15, 0.2) is 12.3 Å². The first kappa shape index (κ1) is 10.1. The number of nitrogens with two attached hydrogens (primary N) is 1. The van der Waals surface area contributed by atoms with Crippen molar-refractivity contribution in [1.82, 2.24) is 4.37 Å². The number of rotatable bonds is 3. The van der Waals surface area contributed by atoms with E-state index in [9.17, 15) is 0 Å². The Morgan fingerprint density at radius 3 is 3.07 bits per heavy atom. The highest BCUT2D eigenvalue weighted by Crippen LogP contribution is 2.39. The van der Waals surface area contributed by atoms with E-state index in [1.807, 2.05) is 6.20 Å². The summed E-state index contributed by atoms with van der Waals surface area (Å²) in [6.45, 7) is 2.28. The summed E-state index contributed by atoms with van der Waals surface area (Å²) >= 11 is 1.55. The van der Waals surface area contributed by atoms with Gasteiger partial charge in [0.15, 0.2) is 0 Å². The van der Waals surface area contributed by atoms with E-state index in [-0.39, 0.29) is 6.04 Å². The van der Waals surface area contributed by atoms with Crippen molar-refractivity contribution in [1.29, 1.82) is 0 Å². The molecule has 1 aromatic heterocycles. The average molecular weight is 210 g/mol. The minimum absolute atomic E-state index is 0.235. The Labute approximate surface area is 89.7 Å². The average Bonchev–Trinajstić information content (AvgIpc) is 2.88. The third-order valence-electron chi connectivity index (χ3n) is 3.45. The van der Waals surface area contributed by atoms with Crippen LogP contribution in [-0.4, -0.2) is 4.37 Å². The van der Waals surface area contributed by atoms with Crippen molar-refractivity contribution in [3.05, 3.63) is 17.1 Å². The first-order chi connectivity index (χ1) is 6.81. The van der Waals surface area contributed by atoms with E-state index in [1.165, 1.54) is 30.6 Å². The van der Waals surface area contributed by atoms with E-state index in [1.54, 1.807) is 11.5 Å². The van der Waals surface area contributed by atoms with E-state index in [0.717, 1.165) is 5.92 Å². The Balaban J connectivity index is 1.97. The molecule has 0 aromatic carbocycles. The maximum Gasteiger partial charge on any atom is 0.0434 e. The van der Waals surface area contributed by atoms with Gasteiger partial charge in [0.1, 0.15) is 0 Å². The Morgan fingerprint density at radius 1 is 1.64 bits per heavy atom. The molecule has 0 spiro atoms. The molecule has 3 unspecified atom stereocenters. The summed E-state index contributed by atoms with van der Waals surface area (Å²) in [6, 6.07) is 2.30. The predicted octanol–water partition coefficient (Wildman–Crippen LogP) is 2.97. The van der Waals surface area contributed by atoms with Crippen LogP contribution in [0.3, 0.4) is 0 Å². The smallest absolute Gasteiger partial charge is 0.0434 e. The second-order valence-electron chi connectivity index (χ2n) is 4.29. The Hall–Kier alpha value is -0.410. The number of hydrogen-bond donors (Lipinski definition) is 1. The van der Waals surface area contributed by atoms with Gasteiger partial charge in [-0.3, -0.25) is 0 Å². The van der Waals surface area contributed by atoms with Gasteiger partial charge in [-0.05, 0) is 42.3 Å². The highest BCUT2D eigenvalue weighted by atomic mass is 32.1. The van der Waals surface area contributed by atoms with Gasteiger partial charge in [0.2, 0.25) is 0 Å². The zero-order valence-corrected chi connectivity index (χ0v) is 9.46. The van der Waals surface area contributed by atoms with Gasteiger partial charge in [-0.2, -0.15) is 0 Å². The van der Waals surface area contributed by atoms with E-state index >= 15 is 0 Å². The minimum Gasteiger partial charge on any atom is -0.323 e. The lowest BCUT2D eigenvalue weighted by Gasteiger charge is -2.17. The van der Waals surface area contributed by atoms with E-state index < -0.39 is 0 Å². The van der Waals surface area contributed by atoms with Crippen LogP contribution >= 0.6 is 11.5 Å². The molecule has 0 saturated heterocycles. The molecular formula is C11H18N2S. The summed E-state index contributed by atoms with van der Waals surface area (Å²) < 4.78 is 4.12. The highest BCUT2D eigenvalue weighted by molar-refractivity contribution is 7.05. The fourth-order valence-corrected chi connectivity index (χ4v) is 3.12. The lowest BCUT2D eigenvalue weighted by Crippen LogP contribution is -2.18. The van der Waals surface area contributed by atoms with Gasteiger partial charge >= 0.3 is 0 Å². The Bertz CT molecular complexity index is 271. The second kappa shape index (κ2) is 4.41. The summed E-state index contributed by atoms with van der Waals surface area (Å²) in [5.74, 6) is 1.61. The standard InChI is InChI=1S/C11H18N2S/c1-2-8-3-4-9(7-8)11(12)10-5-6-13-14-10/h5-6,8-9,11H,2-4,7,12H2,1H3. The van der Waals surface area contributed by atoms with Crippen molar-refractivity contribution in [2.24, 2.45) is 17.6 Å². The topological polar surface area (TPSA) is 38.9 Å². The molecule has 1 heterocycles. The molecule has 1 aliphatic carbocycles. The second-order valence-corrected chi connectivity index (χ2v) is 5.15. The van der Waals surface area contributed by atoms with E-state index in [4.69, 9.17) is 5.73 Å². The quantitative estimate of drug-likeness (QED) is 0.833. The number of aromatic nitrogens is 1. The minimum atomic E-state index is 0.235. The molecule has 0 radical (unpaired) electrons. The molecule has 1 saturated carbocycles. The maximum absolute atomic E-state index is 6.23. The lowest BCUT2D eigenvalue weighted by atomic mass is 9.95. The summed E-state index contributed by atoms with van der Waals surface area (Å²) in [4.78, 5) is 1.26. The van der Waals surface area contributed by atoms with Crippen LogP contribution in [-0.2, 0) is 0 Å². The molecule has 0 bridgehead atoms. The van der Waals surface area contributed by atoms with Gasteiger partial charge in [0.25, 0.3) is 0 Å². The van der Waals surface area contributed by atoms with Crippen LogP contribution in [0.4, 0.5) is 0 Å². The van der Waals surface area contributed by atoms with Crippen LogP contribution in [0.5, 0.6) is 0 Å². The molecule has 2 nitrogen and oxygen atoms in total. The Morgan fingerprint density at radius 2 is 2.50 bits per heavy atom. The van der Waals surface area contributed by atoms with Gasteiger partial charge in [-0.15, -0.1) is 0 Å². The normalized spacial score (nSPS) is 29.3. The van der Waals surface area contributed by atoms with Gasteiger partial charge in [-0.25, -0.2) is 4.37 Å². The summed E-state index contributed by atoms with van der Waals surface area (Å²) in [5.41, 5.74) is 6.23. The van der Waals surface area contributed by atoms with Crippen LogP contribution in [0.1, 0.15) is 43.5 Å². The van der Waals surface area contributed by atoms with Crippen molar-refractivity contribution in [3.8, 4) is 0 Å². The van der Waals surface area contributed by atoms with Gasteiger partial charge in [0.05, 0.1) is 0 Å². The zero-order chi connectivity index (χ0) is 9.97. The Kier molecular flexibility index (Phi) is 3.19. The number of hydrogen-bond acceptors (Lipinski definition) is 3. The maximum atomic E-state index is 6.23. The van der Waals surface area contributed by atoms with E-state index in [0.29, 0.717) is 5.92 Å². The first-order valence-electron chi connectivity index (χ1n) is 5.47. The molecule has 2 rings (SSSR count). The number of nitrogens with zero attached hydrogens (tertiary/aromatic N) is 1. The summed E-state index contributed by atoms with van der Waals surface area (Å²) in [5, 5.41) is 0. The van der Waals surface area contributed by atoms with E-state index in [2.05, 4.69) is 17.4 Å². The molecule has 0 amide bonds. The predicted molar refractivity (Wildman–Crippen MR) is 60.2 cm³/mol. The molecule has 1 fully saturated rings. The largest absolute Gasteiger partial charge is 0.323 e. The zero-order valence-electron chi connectivity index (χ0n) is 8.65. The molecule has 78 valence electrons. The fourth-order valence-electron chi connectivity index (χ4n) is 2.44. The molecule has 14 heavy (non-hydrogen) atoms. The van der Waals surface area contributed by atoms with Crippen LogP contribution in [0, 0.1) is 11.8 Å². The highest BCUT2D eigenvalue weighted by Gasteiger charge is 2.29. The lowest BCUT2D eigenvalue weighted by molar-refractivity contribution is 0.420. The third-order valence-corrected chi connectivity index (χ3v) is 4.30. The first-order valence-corrected chi connectivity index (χ1v) is 6.24. The van der Waals surface area contributed by atoms with Crippen molar-refractivity contribution in [2.75, 3.05) is 0 Å².